The molecule has 0 radical (unpaired) electrons. The van der Waals surface area contributed by atoms with Crippen LogP contribution in [0.25, 0.3) is 22.6 Å². The molecule has 96 valence electrons. The van der Waals surface area contributed by atoms with E-state index in [-0.39, 0.29) is 5.69 Å². The number of rotatable bonds is 0. The highest BCUT2D eigenvalue weighted by Crippen LogP contribution is 2.23. The van der Waals surface area contributed by atoms with Gasteiger partial charge in [0.15, 0.2) is 11.5 Å². The highest BCUT2D eigenvalue weighted by Gasteiger charge is 2.17. The summed E-state index contributed by atoms with van der Waals surface area (Å²) >= 11 is 0. The van der Waals surface area contributed by atoms with Crippen LogP contribution >= 0.6 is 0 Å². The van der Waals surface area contributed by atoms with E-state index in [0.717, 1.165) is 16.6 Å². The van der Waals surface area contributed by atoms with Gasteiger partial charge in [0.1, 0.15) is 0 Å². The van der Waals surface area contributed by atoms with Gasteiger partial charge in [0.25, 0.3) is 5.56 Å². The van der Waals surface area contributed by atoms with Crippen LogP contribution in [0.3, 0.4) is 0 Å². The molecule has 0 aliphatic carbocycles. The number of hydrogen-bond donors (Lipinski definition) is 1. The Morgan fingerprint density at radius 1 is 1.16 bits per heavy atom. The average Bonchev–Trinajstić information content (AvgIpc) is 2.35. The van der Waals surface area contributed by atoms with E-state index >= 15 is 0 Å². The van der Waals surface area contributed by atoms with Crippen molar-refractivity contribution in [3.05, 3.63) is 44.1 Å². The van der Waals surface area contributed by atoms with E-state index in [1.54, 1.807) is 11.6 Å². The Morgan fingerprint density at radius 2 is 1.89 bits per heavy atom. The average molecular weight is 256 g/mol. The summed E-state index contributed by atoms with van der Waals surface area (Å²) in [5, 5.41) is 0. The molecule has 3 rings (SSSR count). The van der Waals surface area contributed by atoms with Gasteiger partial charge in [-0.25, -0.2) is 9.78 Å². The zero-order valence-corrected chi connectivity index (χ0v) is 10.8. The molecule has 1 aromatic carbocycles. The summed E-state index contributed by atoms with van der Waals surface area (Å²) in [7, 11) is 1.78. The minimum atomic E-state index is -0.653. The number of aromatic amines is 1. The predicted molar refractivity (Wildman–Crippen MR) is 71.5 cm³/mol. The van der Waals surface area contributed by atoms with Crippen LogP contribution in [0.1, 0.15) is 11.1 Å². The van der Waals surface area contributed by atoms with Crippen LogP contribution < -0.4 is 11.2 Å². The SMILES string of the molecule is Cc1ccc2nc3c(=O)[nH]c(=O)nc-3n(C)c2c1C. The Kier molecular flexibility index (Phi) is 2.28. The minimum Gasteiger partial charge on any atom is -0.325 e. The van der Waals surface area contributed by atoms with E-state index < -0.39 is 11.2 Å². The molecule has 0 unspecified atom stereocenters. The molecule has 0 spiro atoms. The third-order valence-corrected chi connectivity index (χ3v) is 3.42. The van der Waals surface area contributed by atoms with Gasteiger partial charge in [-0.05, 0) is 31.0 Å². The monoisotopic (exact) mass is 256 g/mol. The van der Waals surface area contributed by atoms with E-state index in [2.05, 4.69) is 15.0 Å². The second kappa shape index (κ2) is 3.74. The summed E-state index contributed by atoms with van der Waals surface area (Å²) in [5.74, 6) is 0.301. The van der Waals surface area contributed by atoms with Gasteiger partial charge in [-0.15, -0.1) is 0 Å². The van der Waals surface area contributed by atoms with Crippen LogP contribution in [0.4, 0.5) is 0 Å². The van der Waals surface area contributed by atoms with Gasteiger partial charge in [-0.2, -0.15) is 4.98 Å². The van der Waals surface area contributed by atoms with Crippen molar-refractivity contribution in [1.82, 2.24) is 19.5 Å². The van der Waals surface area contributed by atoms with E-state index in [1.807, 2.05) is 26.0 Å². The molecule has 6 nitrogen and oxygen atoms in total. The molecule has 0 saturated heterocycles. The first kappa shape index (κ1) is 11.6. The Bertz CT molecular complexity index is 892. The van der Waals surface area contributed by atoms with Crippen LogP contribution in [-0.4, -0.2) is 19.5 Å². The second-order valence-electron chi connectivity index (χ2n) is 4.59. The van der Waals surface area contributed by atoms with Crippen LogP contribution in [0.2, 0.25) is 0 Å². The maximum absolute atomic E-state index is 11.8. The molecule has 0 atom stereocenters. The molecule has 1 N–H and O–H groups in total. The molecule has 2 heterocycles. The van der Waals surface area contributed by atoms with Crippen molar-refractivity contribution in [2.24, 2.45) is 7.05 Å². The predicted octanol–water partition coefficient (Wildman–Crippen LogP) is 0.738. The van der Waals surface area contributed by atoms with Crippen LogP contribution in [0.15, 0.2) is 21.7 Å². The number of nitrogens with one attached hydrogen (secondary N) is 1. The van der Waals surface area contributed by atoms with Crippen molar-refractivity contribution in [3.8, 4) is 11.5 Å². The molecular formula is C13H12N4O2. The number of H-pyrrole nitrogens is 1. The van der Waals surface area contributed by atoms with Crippen molar-refractivity contribution in [3.63, 3.8) is 0 Å². The fourth-order valence-corrected chi connectivity index (χ4v) is 2.30. The van der Waals surface area contributed by atoms with Crippen molar-refractivity contribution >= 4 is 11.0 Å². The zero-order valence-electron chi connectivity index (χ0n) is 10.8. The minimum absolute atomic E-state index is 0.179. The molecule has 0 amide bonds. The molecule has 0 aromatic heterocycles. The Hall–Kier alpha value is -2.50. The lowest BCUT2D eigenvalue weighted by molar-refractivity contribution is 0.867. The number of nitrogens with zero attached hydrogens (tertiary/aromatic N) is 3. The van der Waals surface area contributed by atoms with Gasteiger partial charge < -0.3 is 4.57 Å². The topological polar surface area (TPSA) is 80.6 Å². The van der Waals surface area contributed by atoms with Crippen LogP contribution in [-0.2, 0) is 7.05 Å². The van der Waals surface area contributed by atoms with Crippen molar-refractivity contribution in [2.75, 3.05) is 0 Å². The lowest BCUT2D eigenvalue weighted by atomic mass is 10.1. The van der Waals surface area contributed by atoms with Crippen LogP contribution in [0, 0.1) is 13.8 Å². The molecule has 0 bridgehead atoms. The second-order valence-corrected chi connectivity index (χ2v) is 4.59. The van der Waals surface area contributed by atoms with Crippen LogP contribution in [0.5, 0.6) is 0 Å². The lowest BCUT2D eigenvalue weighted by Crippen LogP contribution is -2.28. The van der Waals surface area contributed by atoms with Crippen molar-refractivity contribution in [2.45, 2.75) is 13.8 Å². The maximum atomic E-state index is 11.8. The van der Waals surface area contributed by atoms with E-state index in [1.165, 1.54) is 0 Å². The molecule has 2 aliphatic rings. The Balaban J connectivity index is 2.65. The summed E-state index contributed by atoms with van der Waals surface area (Å²) in [5.41, 5.74) is 2.79. The fourth-order valence-electron chi connectivity index (χ4n) is 2.30. The first-order valence-corrected chi connectivity index (χ1v) is 5.86. The zero-order chi connectivity index (χ0) is 13.7. The normalized spacial score (nSPS) is 11.3. The molecule has 2 aliphatic heterocycles. The summed E-state index contributed by atoms with van der Waals surface area (Å²) in [6, 6.07) is 3.82. The van der Waals surface area contributed by atoms with E-state index in [9.17, 15) is 9.59 Å². The van der Waals surface area contributed by atoms with Gasteiger partial charge in [0.05, 0.1) is 11.0 Å². The molecule has 19 heavy (non-hydrogen) atoms. The van der Waals surface area contributed by atoms with E-state index in [4.69, 9.17) is 0 Å². The summed E-state index contributed by atoms with van der Waals surface area (Å²) < 4.78 is 1.75. The molecule has 1 aromatic rings. The summed E-state index contributed by atoms with van der Waals surface area (Å²) in [6.45, 7) is 3.99. The third kappa shape index (κ3) is 1.56. The third-order valence-electron chi connectivity index (χ3n) is 3.42. The fraction of sp³-hybridized carbons (Fsp3) is 0.231. The Morgan fingerprint density at radius 3 is 2.63 bits per heavy atom. The van der Waals surface area contributed by atoms with Gasteiger partial charge in [0.2, 0.25) is 0 Å². The maximum Gasteiger partial charge on any atom is 0.349 e. The first-order valence-electron chi connectivity index (χ1n) is 5.86. The molecule has 0 fully saturated rings. The number of hydrogen-bond acceptors (Lipinski definition) is 4. The standard InChI is InChI=1S/C13H12N4O2/c1-6-4-5-8-10(7(6)2)17(3)11-9(14-8)12(18)16-13(19)15-11/h4-5H,1-3H3,(H,16,18,19). The number of aryl methyl sites for hydroxylation is 3. The quantitative estimate of drug-likeness (QED) is 0.601. The lowest BCUT2D eigenvalue weighted by Gasteiger charge is -2.15. The highest BCUT2D eigenvalue weighted by atomic mass is 16.2. The first-order chi connectivity index (χ1) is 8.99. The van der Waals surface area contributed by atoms with E-state index in [0.29, 0.717) is 11.3 Å². The Labute approximate surface area is 108 Å². The number of benzene rings is 1. The van der Waals surface area contributed by atoms with Gasteiger partial charge in [-0.3, -0.25) is 9.78 Å². The van der Waals surface area contributed by atoms with Gasteiger partial charge in [0, 0.05) is 7.05 Å². The largest absolute Gasteiger partial charge is 0.349 e. The molecule has 0 saturated carbocycles. The number of aromatic nitrogens is 4. The van der Waals surface area contributed by atoms with Gasteiger partial charge >= 0.3 is 5.69 Å². The summed E-state index contributed by atoms with van der Waals surface area (Å²) in [6.07, 6.45) is 0. The molecule has 6 heteroatoms. The molecular weight excluding hydrogens is 244 g/mol. The number of fused-ring (bicyclic) bond motifs is 2. The van der Waals surface area contributed by atoms with Crippen molar-refractivity contribution in [1.29, 1.82) is 0 Å². The van der Waals surface area contributed by atoms with Gasteiger partial charge in [-0.1, -0.05) is 6.07 Å². The van der Waals surface area contributed by atoms with Crippen molar-refractivity contribution < 1.29 is 0 Å². The highest BCUT2D eigenvalue weighted by molar-refractivity contribution is 5.83. The smallest absolute Gasteiger partial charge is 0.325 e. The summed E-state index contributed by atoms with van der Waals surface area (Å²) in [4.78, 5) is 33.4.